The third-order valence-electron chi connectivity index (χ3n) is 5.64. The highest BCUT2D eigenvalue weighted by Gasteiger charge is 2.29. The van der Waals surface area contributed by atoms with Gasteiger partial charge >= 0.3 is 0 Å². The van der Waals surface area contributed by atoms with E-state index in [0.29, 0.717) is 43.9 Å². The third kappa shape index (κ3) is 5.08. The summed E-state index contributed by atoms with van der Waals surface area (Å²) in [7, 11) is -3.69. The zero-order valence-corrected chi connectivity index (χ0v) is 19.2. The van der Waals surface area contributed by atoms with Gasteiger partial charge in [0.1, 0.15) is 0 Å². The molecule has 2 N–H and O–H groups in total. The molecule has 1 saturated heterocycles. The number of phenols is 2. The quantitative estimate of drug-likeness (QED) is 0.541. The lowest BCUT2D eigenvalue weighted by molar-refractivity contribution is 0.101. The Morgan fingerprint density at radius 3 is 2.26 bits per heavy atom. The van der Waals surface area contributed by atoms with Gasteiger partial charge in [-0.3, -0.25) is 9.69 Å². The fraction of sp³-hybridized carbons (Fsp3) is 0.435. The minimum atomic E-state index is -3.69. The normalized spacial score (nSPS) is 16.4. The minimum absolute atomic E-state index is 0.120. The first-order chi connectivity index (χ1) is 14.4. The molecule has 0 amide bonds. The molecule has 0 saturated carbocycles. The third-order valence-corrected chi connectivity index (χ3v) is 7.53. The van der Waals surface area contributed by atoms with Crippen molar-refractivity contribution < 1.29 is 23.4 Å². The highest BCUT2D eigenvalue weighted by Crippen LogP contribution is 2.36. The van der Waals surface area contributed by atoms with Crippen LogP contribution in [0.25, 0.3) is 0 Å². The van der Waals surface area contributed by atoms with Crippen LogP contribution in [0.3, 0.4) is 0 Å². The molecule has 0 aromatic heterocycles. The fourth-order valence-electron chi connectivity index (χ4n) is 3.62. The maximum Gasteiger partial charge on any atom is 0.243 e. The first-order valence-electron chi connectivity index (χ1n) is 10.3. The van der Waals surface area contributed by atoms with Crippen LogP contribution in [-0.2, 0) is 22.0 Å². The van der Waals surface area contributed by atoms with Crippen LogP contribution in [-0.4, -0.2) is 59.8 Å². The Morgan fingerprint density at radius 1 is 1.03 bits per heavy atom. The van der Waals surface area contributed by atoms with E-state index < -0.39 is 10.0 Å². The van der Waals surface area contributed by atoms with Crippen LogP contribution in [0.4, 0.5) is 0 Å². The molecule has 7 nitrogen and oxygen atoms in total. The molecule has 8 heteroatoms. The van der Waals surface area contributed by atoms with Gasteiger partial charge in [-0.2, -0.15) is 4.31 Å². The van der Waals surface area contributed by atoms with Gasteiger partial charge in [0.05, 0.1) is 4.90 Å². The Hall–Kier alpha value is -2.42. The highest BCUT2D eigenvalue weighted by atomic mass is 32.2. The number of piperazine rings is 1. The number of benzene rings is 2. The number of phenolic OH excluding ortho intramolecular Hbond substituents is 2. The van der Waals surface area contributed by atoms with Crippen molar-refractivity contribution in [2.24, 2.45) is 0 Å². The largest absolute Gasteiger partial charge is 0.504 e. The molecule has 0 unspecified atom stereocenters. The number of carbonyl (C=O) groups excluding carboxylic acids is 1. The molecule has 31 heavy (non-hydrogen) atoms. The summed E-state index contributed by atoms with van der Waals surface area (Å²) < 4.78 is 27.4. The summed E-state index contributed by atoms with van der Waals surface area (Å²) in [5, 5.41) is 20.4. The van der Waals surface area contributed by atoms with Gasteiger partial charge in [0.25, 0.3) is 0 Å². The van der Waals surface area contributed by atoms with Gasteiger partial charge in [-0.05, 0) is 36.1 Å². The first kappa shape index (κ1) is 23.2. The van der Waals surface area contributed by atoms with Crippen molar-refractivity contribution in [1.82, 2.24) is 9.21 Å². The summed E-state index contributed by atoms with van der Waals surface area (Å²) in [6, 6.07) is 9.59. The van der Waals surface area contributed by atoms with Crippen LogP contribution >= 0.6 is 0 Å². The number of carbonyl (C=O) groups is 1. The van der Waals surface area contributed by atoms with Gasteiger partial charge in [-0.25, -0.2) is 8.42 Å². The van der Waals surface area contributed by atoms with Gasteiger partial charge in [-0.15, -0.1) is 0 Å². The van der Waals surface area contributed by atoms with Gasteiger partial charge in [0, 0.05) is 43.9 Å². The lowest BCUT2D eigenvalue weighted by Gasteiger charge is -2.34. The van der Waals surface area contributed by atoms with Gasteiger partial charge in [0.15, 0.2) is 17.3 Å². The maximum absolute atomic E-state index is 13.0. The van der Waals surface area contributed by atoms with Crippen molar-refractivity contribution in [3.05, 3.63) is 53.1 Å². The Balaban J connectivity index is 1.72. The molecule has 1 aliphatic rings. The number of Topliss-reactive ketones (excluding diaryl/α,β-unsaturated/α-hetero) is 1. The van der Waals surface area contributed by atoms with E-state index in [2.05, 4.69) is 4.90 Å². The van der Waals surface area contributed by atoms with E-state index in [1.807, 2.05) is 26.8 Å². The fourth-order valence-corrected chi connectivity index (χ4v) is 5.09. The highest BCUT2D eigenvalue weighted by molar-refractivity contribution is 7.89. The summed E-state index contributed by atoms with van der Waals surface area (Å²) >= 11 is 0. The van der Waals surface area contributed by atoms with Crippen molar-refractivity contribution >= 4 is 15.8 Å². The van der Waals surface area contributed by atoms with E-state index in [4.69, 9.17) is 0 Å². The second-order valence-electron chi connectivity index (χ2n) is 9.02. The number of ketones is 1. The Bertz CT molecular complexity index is 1080. The molecule has 1 fully saturated rings. The molecule has 0 aliphatic carbocycles. The molecule has 3 rings (SSSR count). The van der Waals surface area contributed by atoms with Crippen molar-refractivity contribution in [2.75, 3.05) is 26.2 Å². The monoisotopic (exact) mass is 446 g/mol. The second-order valence-corrected chi connectivity index (χ2v) is 11.0. The van der Waals surface area contributed by atoms with Crippen molar-refractivity contribution in [3.63, 3.8) is 0 Å². The van der Waals surface area contributed by atoms with Crippen LogP contribution in [0.2, 0.25) is 0 Å². The number of sulfonamides is 1. The van der Waals surface area contributed by atoms with Crippen molar-refractivity contribution in [1.29, 1.82) is 0 Å². The number of hydrogen-bond donors (Lipinski definition) is 2. The van der Waals surface area contributed by atoms with Crippen LogP contribution < -0.4 is 0 Å². The van der Waals surface area contributed by atoms with Crippen molar-refractivity contribution in [3.8, 4) is 11.5 Å². The minimum Gasteiger partial charge on any atom is -0.504 e. The number of aromatic hydroxyl groups is 2. The van der Waals surface area contributed by atoms with E-state index in [9.17, 15) is 23.4 Å². The molecule has 168 valence electrons. The summed E-state index contributed by atoms with van der Waals surface area (Å²) in [6.45, 7) is 9.52. The first-order valence-corrected chi connectivity index (χ1v) is 11.7. The van der Waals surface area contributed by atoms with Crippen LogP contribution in [0.5, 0.6) is 11.5 Å². The lowest BCUT2D eigenvalue weighted by Crippen LogP contribution is -2.48. The zero-order chi connectivity index (χ0) is 23.0. The summed E-state index contributed by atoms with van der Waals surface area (Å²) in [5.74, 6) is -0.458. The number of nitrogens with zero attached hydrogens (tertiary/aromatic N) is 2. The topological polar surface area (TPSA) is 98.2 Å². The van der Waals surface area contributed by atoms with Crippen LogP contribution in [0.15, 0.2) is 41.3 Å². The predicted molar refractivity (Wildman–Crippen MR) is 119 cm³/mol. The average Bonchev–Trinajstić information content (AvgIpc) is 2.71. The van der Waals surface area contributed by atoms with Crippen LogP contribution in [0.1, 0.15) is 49.2 Å². The van der Waals surface area contributed by atoms with Crippen molar-refractivity contribution in [2.45, 2.75) is 44.6 Å². The van der Waals surface area contributed by atoms with E-state index in [1.54, 1.807) is 18.2 Å². The van der Waals surface area contributed by atoms with Gasteiger partial charge < -0.3 is 10.2 Å². The van der Waals surface area contributed by atoms with Crippen LogP contribution in [0, 0.1) is 0 Å². The SMILES string of the molecule is CC(=O)c1cccc(S(=O)(=O)N2CCN(Cc3cc(C(C)(C)C)cc(O)c3O)CC2)c1. The molecule has 0 spiro atoms. The molecule has 1 heterocycles. The molecule has 2 aromatic rings. The molecule has 0 bridgehead atoms. The summed E-state index contributed by atoms with van der Waals surface area (Å²) in [5.41, 5.74) is 1.73. The molecular formula is C23H30N2O5S. The standard InChI is InChI=1S/C23H30N2O5S/c1-16(26)17-6-5-7-20(13-17)31(29,30)25-10-8-24(9-11-25)15-18-12-19(23(2,3)4)14-21(27)22(18)28/h5-7,12-14,27-28H,8-11,15H2,1-4H3. The molecule has 0 radical (unpaired) electrons. The molecule has 0 atom stereocenters. The average molecular weight is 447 g/mol. The zero-order valence-electron chi connectivity index (χ0n) is 18.4. The maximum atomic E-state index is 13.0. The number of rotatable bonds is 5. The predicted octanol–water partition coefficient (Wildman–Crippen LogP) is 3.10. The van der Waals surface area contributed by atoms with E-state index in [0.717, 1.165) is 5.56 Å². The molecule has 1 aliphatic heterocycles. The van der Waals surface area contributed by atoms with E-state index in [1.165, 1.54) is 23.4 Å². The van der Waals surface area contributed by atoms with Gasteiger partial charge in [0.2, 0.25) is 10.0 Å². The molecular weight excluding hydrogens is 416 g/mol. The van der Waals surface area contributed by atoms with E-state index >= 15 is 0 Å². The summed E-state index contributed by atoms with van der Waals surface area (Å²) in [4.78, 5) is 13.8. The Labute approximate surface area is 184 Å². The smallest absolute Gasteiger partial charge is 0.243 e. The van der Waals surface area contributed by atoms with Gasteiger partial charge in [-0.1, -0.05) is 39.0 Å². The lowest BCUT2D eigenvalue weighted by atomic mass is 9.85. The Kier molecular flexibility index (Phi) is 6.45. The van der Waals surface area contributed by atoms with E-state index in [-0.39, 0.29) is 27.6 Å². The second kappa shape index (κ2) is 8.61. The number of hydrogen-bond acceptors (Lipinski definition) is 6. The molecule has 2 aromatic carbocycles. The summed E-state index contributed by atoms with van der Waals surface area (Å²) in [6.07, 6.45) is 0. The Morgan fingerprint density at radius 2 is 1.68 bits per heavy atom.